The van der Waals surface area contributed by atoms with Crippen LogP contribution in [0.25, 0.3) is 0 Å². The van der Waals surface area contributed by atoms with Crippen LogP contribution in [0, 0.1) is 0 Å². The molecule has 0 bridgehead atoms. The Kier molecular flexibility index (Phi) is 4.13. The van der Waals surface area contributed by atoms with E-state index in [0.29, 0.717) is 6.61 Å². The molecule has 1 atom stereocenters. The van der Waals surface area contributed by atoms with Gasteiger partial charge in [0.05, 0.1) is 11.7 Å². The quantitative estimate of drug-likeness (QED) is 0.801. The predicted octanol–water partition coefficient (Wildman–Crippen LogP) is 4.71. The predicted molar refractivity (Wildman–Crippen MR) is 79.6 cm³/mol. The Bertz CT molecular complexity index is 409. The number of ether oxygens (including phenoxy) is 2. The van der Waals surface area contributed by atoms with Crippen molar-refractivity contribution in [1.82, 2.24) is 0 Å². The van der Waals surface area contributed by atoms with E-state index in [0.717, 1.165) is 16.6 Å². The molecule has 3 heteroatoms. The van der Waals surface area contributed by atoms with Gasteiger partial charge in [0.2, 0.25) is 0 Å². The normalized spacial score (nSPS) is 25.6. The molecule has 1 unspecified atom stereocenters. The Morgan fingerprint density at radius 3 is 2.58 bits per heavy atom. The summed E-state index contributed by atoms with van der Waals surface area (Å²) in [5.74, 6) is 0.927. The number of benzene rings is 1. The average molecular weight is 325 g/mol. The Labute approximate surface area is 123 Å². The molecule has 0 radical (unpaired) electrons. The molecule has 2 fully saturated rings. The van der Waals surface area contributed by atoms with E-state index in [2.05, 4.69) is 15.9 Å². The molecule has 0 amide bonds. The lowest BCUT2D eigenvalue weighted by molar-refractivity contribution is -0.0748. The van der Waals surface area contributed by atoms with Gasteiger partial charge in [-0.05, 0) is 49.9 Å². The highest BCUT2D eigenvalue weighted by molar-refractivity contribution is 9.10. The first-order valence-corrected chi connectivity index (χ1v) is 8.11. The molecule has 1 aliphatic carbocycles. The van der Waals surface area contributed by atoms with Gasteiger partial charge in [-0.25, -0.2) is 0 Å². The molecule has 19 heavy (non-hydrogen) atoms. The van der Waals surface area contributed by atoms with Crippen molar-refractivity contribution >= 4 is 15.9 Å². The first-order valence-electron chi connectivity index (χ1n) is 7.32. The van der Waals surface area contributed by atoms with Crippen molar-refractivity contribution in [2.45, 2.75) is 56.7 Å². The maximum atomic E-state index is 6.30. The number of rotatable bonds is 3. The van der Waals surface area contributed by atoms with Crippen LogP contribution in [-0.4, -0.2) is 18.3 Å². The standard InChI is InChI=1S/C16H21BrO2/c17-13-4-6-14(7-5-13)18-12-15-8-11-16(19-15)9-2-1-3-10-16/h4-7,15H,1-3,8-12H2. The second-order valence-electron chi connectivity index (χ2n) is 5.79. The molecule has 1 aromatic carbocycles. The van der Waals surface area contributed by atoms with Gasteiger partial charge >= 0.3 is 0 Å². The van der Waals surface area contributed by atoms with Crippen LogP contribution in [0.2, 0.25) is 0 Å². The van der Waals surface area contributed by atoms with Crippen molar-refractivity contribution in [2.24, 2.45) is 0 Å². The van der Waals surface area contributed by atoms with Crippen molar-refractivity contribution in [2.75, 3.05) is 6.61 Å². The van der Waals surface area contributed by atoms with Crippen molar-refractivity contribution in [3.8, 4) is 5.75 Å². The van der Waals surface area contributed by atoms with Crippen LogP contribution in [0.5, 0.6) is 5.75 Å². The van der Waals surface area contributed by atoms with Crippen LogP contribution in [0.4, 0.5) is 0 Å². The fourth-order valence-corrected chi connectivity index (χ4v) is 3.56. The maximum Gasteiger partial charge on any atom is 0.119 e. The second kappa shape index (κ2) is 5.84. The summed E-state index contributed by atoms with van der Waals surface area (Å²) < 4.78 is 13.2. The highest BCUT2D eigenvalue weighted by Gasteiger charge is 2.40. The Morgan fingerprint density at radius 1 is 1.11 bits per heavy atom. The maximum absolute atomic E-state index is 6.30. The first kappa shape index (κ1) is 13.4. The van der Waals surface area contributed by atoms with Gasteiger partial charge in [0.1, 0.15) is 12.4 Å². The van der Waals surface area contributed by atoms with Gasteiger partial charge in [-0.1, -0.05) is 35.2 Å². The summed E-state index contributed by atoms with van der Waals surface area (Å²) in [6, 6.07) is 8.01. The van der Waals surface area contributed by atoms with E-state index in [4.69, 9.17) is 9.47 Å². The van der Waals surface area contributed by atoms with Crippen LogP contribution in [0.1, 0.15) is 44.9 Å². The fraction of sp³-hybridized carbons (Fsp3) is 0.625. The minimum atomic E-state index is 0.200. The zero-order valence-electron chi connectivity index (χ0n) is 11.2. The van der Waals surface area contributed by atoms with Crippen LogP contribution in [0.3, 0.4) is 0 Å². The molecule has 0 N–H and O–H groups in total. The zero-order chi connectivity index (χ0) is 13.1. The zero-order valence-corrected chi connectivity index (χ0v) is 12.8. The second-order valence-corrected chi connectivity index (χ2v) is 6.70. The van der Waals surface area contributed by atoms with Crippen molar-refractivity contribution < 1.29 is 9.47 Å². The topological polar surface area (TPSA) is 18.5 Å². The summed E-state index contributed by atoms with van der Waals surface area (Å²) in [7, 11) is 0. The molecule has 1 heterocycles. The van der Waals surface area contributed by atoms with E-state index >= 15 is 0 Å². The van der Waals surface area contributed by atoms with Crippen molar-refractivity contribution in [1.29, 1.82) is 0 Å². The van der Waals surface area contributed by atoms with E-state index in [1.165, 1.54) is 38.5 Å². The van der Waals surface area contributed by atoms with Gasteiger partial charge in [0.25, 0.3) is 0 Å². The molecule has 3 rings (SSSR count). The third-order valence-electron chi connectivity index (χ3n) is 4.35. The Hall–Kier alpha value is -0.540. The lowest BCUT2D eigenvalue weighted by atomic mass is 9.83. The number of halogens is 1. The summed E-state index contributed by atoms with van der Waals surface area (Å²) >= 11 is 3.43. The molecule has 1 spiro atoms. The lowest BCUT2D eigenvalue weighted by Crippen LogP contribution is -2.32. The molecular formula is C16H21BrO2. The van der Waals surface area contributed by atoms with Crippen LogP contribution in [-0.2, 0) is 4.74 Å². The van der Waals surface area contributed by atoms with Gasteiger partial charge in [-0.15, -0.1) is 0 Å². The molecule has 2 aliphatic rings. The molecule has 0 aromatic heterocycles. The largest absolute Gasteiger partial charge is 0.491 e. The number of hydrogen-bond acceptors (Lipinski definition) is 2. The SMILES string of the molecule is Brc1ccc(OCC2CCC3(CCCCC3)O2)cc1. The minimum absolute atomic E-state index is 0.200. The highest BCUT2D eigenvalue weighted by Crippen LogP contribution is 2.41. The van der Waals surface area contributed by atoms with Crippen molar-refractivity contribution in [3.63, 3.8) is 0 Å². The van der Waals surface area contributed by atoms with Crippen LogP contribution in [0.15, 0.2) is 28.7 Å². The molecular weight excluding hydrogens is 304 g/mol. The molecule has 104 valence electrons. The monoisotopic (exact) mass is 324 g/mol. The molecule has 1 aromatic rings. The van der Waals surface area contributed by atoms with Crippen LogP contribution < -0.4 is 4.74 Å². The molecule has 2 nitrogen and oxygen atoms in total. The fourth-order valence-electron chi connectivity index (χ4n) is 3.30. The summed E-state index contributed by atoms with van der Waals surface area (Å²) in [4.78, 5) is 0. The van der Waals surface area contributed by atoms with E-state index in [-0.39, 0.29) is 11.7 Å². The van der Waals surface area contributed by atoms with Gasteiger partial charge in [0.15, 0.2) is 0 Å². The molecule has 1 saturated heterocycles. The van der Waals surface area contributed by atoms with Crippen molar-refractivity contribution in [3.05, 3.63) is 28.7 Å². The lowest BCUT2D eigenvalue weighted by Gasteiger charge is -2.33. The highest BCUT2D eigenvalue weighted by atomic mass is 79.9. The van der Waals surface area contributed by atoms with Gasteiger partial charge in [-0.3, -0.25) is 0 Å². The van der Waals surface area contributed by atoms with E-state index in [1.54, 1.807) is 0 Å². The van der Waals surface area contributed by atoms with Gasteiger partial charge in [0, 0.05) is 4.47 Å². The summed E-state index contributed by atoms with van der Waals surface area (Å²) in [5, 5.41) is 0. The van der Waals surface area contributed by atoms with Gasteiger partial charge < -0.3 is 9.47 Å². The molecule has 1 aliphatic heterocycles. The Morgan fingerprint density at radius 2 is 1.84 bits per heavy atom. The van der Waals surface area contributed by atoms with E-state index in [1.807, 2.05) is 24.3 Å². The summed E-state index contributed by atoms with van der Waals surface area (Å²) in [6.45, 7) is 0.684. The molecule has 1 saturated carbocycles. The van der Waals surface area contributed by atoms with E-state index in [9.17, 15) is 0 Å². The van der Waals surface area contributed by atoms with E-state index < -0.39 is 0 Å². The number of hydrogen-bond donors (Lipinski definition) is 0. The van der Waals surface area contributed by atoms with Crippen LogP contribution >= 0.6 is 15.9 Å². The Balaban J connectivity index is 1.50. The third kappa shape index (κ3) is 3.32. The smallest absolute Gasteiger partial charge is 0.119 e. The third-order valence-corrected chi connectivity index (χ3v) is 4.88. The summed E-state index contributed by atoms with van der Waals surface area (Å²) in [5.41, 5.74) is 0.200. The first-order chi connectivity index (χ1) is 9.26. The minimum Gasteiger partial charge on any atom is -0.491 e. The van der Waals surface area contributed by atoms with Gasteiger partial charge in [-0.2, -0.15) is 0 Å². The summed E-state index contributed by atoms with van der Waals surface area (Å²) in [6.07, 6.45) is 9.20. The average Bonchev–Trinajstić information content (AvgIpc) is 2.82.